The van der Waals surface area contributed by atoms with Crippen molar-refractivity contribution in [3.63, 3.8) is 0 Å². The Balaban J connectivity index is 1.52. The van der Waals surface area contributed by atoms with E-state index in [0.717, 1.165) is 40.7 Å². The molecule has 0 saturated heterocycles. The van der Waals surface area contributed by atoms with E-state index in [1.807, 2.05) is 28.8 Å². The molecule has 2 heterocycles. The van der Waals surface area contributed by atoms with Gasteiger partial charge >= 0.3 is 6.18 Å². The number of benzene rings is 1. The molecular weight excluding hydrogens is 313 g/mol. The van der Waals surface area contributed by atoms with Crippen LogP contribution in [-0.4, -0.2) is 21.1 Å². The Morgan fingerprint density at radius 2 is 2.05 bits per heavy atom. The van der Waals surface area contributed by atoms with E-state index in [2.05, 4.69) is 15.3 Å². The molecule has 0 amide bonds. The zero-order valence-electron chi connectivity index (χ0n) is 11.5. The first-order valence-corrected chi connectivity index (χ1v) is 7.58. The normalized spacial score (nSPS) is 12.0. The van der Waals surface area contributed by atoms with E-state index in [0.29, 0.717) is 11.7 Å². The van der Waals surface area contributed by atoms with E-state index in [1.54, 1.807) is 6.33 Å². The van der Waals surface area contributed by atoms with Gasteiger partial charge in [0.2, 0.25) is 0 Å². The molecule has 8 heteroatoms. The molecule has 0 atom stereocenters. The molecule has 22 heavy (non-hydrogen) atoms. The Labute approximate surface area is 128 Å². The largest absolute Gasteiger partial charge is 0.434 e. The number of para-hydroxylation sites is 2. The van der Waals surface area contributed by atoms with E-state index in [-0.39, 0.29) is 0 Å². The summed E-state index contributed by atoms with van der Waals surface area (Å²) in [5.41, 5.74) is 1.14. The number of halogens is 3. The number of anilines is 1. The quantitative estimate of drug-likeness (QED) is 0.720. The number of fused-ring (bicyclic) bond motifs is 1. The van der Waals surface area contributed by atoms with E-state index in [1.165, 1.54) is 0 Å². The van der Waals surface area contributed by atoms with Gasteiger partial charge in [0, 0.05) is 18.5 Å². The Morgan fingerprint density at radius 1 is 1.23 bits per heavy atom. The molecule has 1 N–H and O–H groups in total. The molecule has 116 valence electrons. The summed E-state index contributed by atoms with van der Waals surface area (Å²) in [6.07, 6.45) is -1.84. The molecule has 3 rings (SSSR count). The van der Waals surface area contributed by atoms with Crippen LogP contribution in [0.1, 0.15) is 12.1 Å². The van der Waals surface area contributed by atoms with Crippen LogP contribution >= 0.6 is 11.3 Å². The van der Waals surface area contributed by atoms with Crippen molar-refractivity contribution in [2.75, 3.05) is 11.9 Å². The summed E-state index contributed by atoms with van der Waals surface area (Å²) < 4.78 is 39.3. The summed E-state index contributed by atoms with van der Waals surface area (Å²) >= 11 is 0.966. The number of imidazole rings is 1. The van der Waals surface area contributed by atoms with Crippen molar-refractivity contribution in [3.8, 4) is 0 Å². The number of nitrogens with zero attached hydrogens (tertiary/aromatic N) is 3. The van der Waals surface area contributed by atoms with Crippen molar-refractivity contribution in [1.29, 1.82) is 0 Å². The van der Waals surface area contributed by atoms with Crippen LogP contribution < -0.4 is 5.32 Å². The van der Waals surface area contributed by atoms with Gasteiger partial charge in [-0.1, -0.05) is 12.1 Å². The first-order chi connectivity index (χ1) is 10.5. The minimum atomic E-state index is -4.38. The molecule has 0 aliphatic carbocycles. The maximum absolute atomic E-state index is 12.4. The minimum absolute atomic E-state index is 0.294. The Bertz CT molecular complexity index is 763. The van der Waals surface area contributed by atoms with Crippen LogP contribution in [0.3, 0.4) is 0 Å². The first kappa shape index (κ1) is 14.8. The van der Waals surface area contributed by atoms with E-state index in [9.17, 15) is 13.2 Å². The lowest BCUT2D eigenvalue weighted by molar-refractivity contribution is -0.140. The third kappa shape index (κ3) is 3.22. The monoisotopic (exact) mass is 326 g/mol. The van der Waals surface area contributed by atoms with Crippen molar-refractivity contribution in [3.05, 3.63) is 41.7 Å². The lowest BCUT2D eigenvalue weighted by Gasteiger charge is -2.05. The number of thiazole rings is 1. The van der Waals surface area contributed by atoms with Crippen molar-refractivity contribution in [1.82, 2.24) is 14.5 Å². The van der Waals surface area contributed by atoms with Gasteiger partial charge in [0.05, 0.1) is 17.4 Å². The van der Waals surface area contributed by atoms with Gasteiger partial charge in [-0.15, -0.1) is 11.3 Å². The third-order valence-corrected chi connectivity index (χ3v) is 3.97. The van der Waals surface area contributed by atoms with Crippen molar-refractivity contribution in [2.24, 2.45) is 0 Å². The summed E-state index contributed by atoms with van der Waals surface area (Å²) in [4.78, 5) is 7.82. The zero-order valence-corrected chi connectivity index (χ0v) is 12.3. The lowest BCUT2D eigenvalue weighted by Crippen LogP contribution is -2.08. The standard InChI is InChI=1S/C14H13F3N4S/c15-14(16,17)12-8-22-13(20-12)18-6-3-7-21-9-19-10-4-1-2-5-11(10)21/h1-2,4-5,8-9H,3,6-7H2,(H,18,20). The molecule has 0 fully saturated rings. The van der Waals surface area contributed by atoms with Crippen LogP contribution in [0.25, 0.3) is 11.0 Å². The molecule has 0 spiro atoms. The van der Waals surface area contributed by atoms with Crippen LogP contribution in [0, 0.1) is 0 Å². The fraction of sp³-hybridized carbons (Fsp3) is 0.286. The molecule has 0 unspecified atom stereocenters. The highest BCUT2D eigenvalue weighted by atomic mass is 32.1. The number of hydrogen-bond acceptors (Lipinski definition) is 4. The van der Waals surface area contributed by atoms with E-state index < -0.39 is 11.9 Å². The summed E-state index contributed by atoms with van der Waals surface area (Å²) in [6, 6.07) is 7.82. The summed E-state index contributed by atoms with van der Waals surface area (Å²) in [7, 11) is 0. The topological polar surface area (TPSA) is 42.7 Å². The van der Waals surface area contributed by atoms with Gasteiger partial charge in [0.1, 0.15) is 0 Å². The van der Waals surface area contributed by atoms with Crippen molar-refractivity contribution >= 4 is 27.5 Å². The van der Waals surface area contributed by atoms with E-state index >= 15 is 0 Å². The second-order valence-electron chi connectivity index (χ2n) is 4.74. The second-order valence-corrected chi connectivity index (χ2v) is 5.60. The molecule has 0 saturated carbocycles. The molecule has 4 nitrogen and oxygen atoms in total. The van der Waals surface area contributed by atoms with Crippen molar-refractivity contribution in [2.45, 2.75) is 19.1 Å². The third-order valence-electron chi connectivity index (χ3n) is 3.17. The molecule has 0 radical (unpaired) electrons. The highest BCUT2D eigenvalue weighted by Crippen LogP contribution is 2.31. The number of alkyl halides is 3. The molecule has 0 aliphatic heterocycles. The zero-order chi connectivity index (χ0) is 15.6. The van der Waals surface area contributed by atoms with Crippen LogP contribution in [0.4, 0.5) is 18.3 Å². The lowest BCUT2D eigenvalue weighted by atomic mass is 10.3. The Hall–Kier alpha value is -2.09. The number of nitrogens with one attached hydrogen (secondary N) is 1. The molecule has 0 bridgehead atoms. The summed E-state index contributed by atoms with van der Waals surface area (Å²) in [5.74, 6) is 0. The van der Waals surface area contributed by atoms with Gasteiger partial charge in [-0.2, -0.15) is 13.2 Å². The highest BCUT2D eigenvalue weighted by molar-refractivity contribution is 7.13. The van der Waals surface area contributed by atoms with Gasteiger partial charge in [-0.3, -0.25) is 0 Å². The maximum Gasteiger partial charge on any atom is 0.434 e. The molecule has 0 aliphatic rings. The van der Waals surface area contributed by atoms with E-state index in [4.69, 9.17) is 0 Å². The fourth-order valence-electron chi connectivity index (χ4n) is 2.12. The molecule has 3 aromatic rings. The van der Waals surface area contributed by atoms with Crippen LogP contribution in [-0.2, 0) is 12.7 Å². The van der Waals surface area contributed by atoms with Gasteiger partial charge < -0.3 is 9.88 Å². The van der Waals surface area contributed by atoms with Gasteiger partial charge in [0.25, 0.3) is 0 Å². The van der Waals surface area contributed by atoms with Gasteiger partial charge in [-0.05, 0) is 18.6 Å². The summed E-state index contributed by atoms with van der Waals surface area (Å²) in [5, 5.41) is 4.24. The van der Waals surface area contributed by atoms with Gasteiger partial charge in [0.15, 0.2) is 10.8 Å². The Kier molecular flexibility index (Phi) is 4.02. The SMILES string of the molecule is FC(F)(F)c1csc(NCCCn2cnc3ccccc32)n1. The number of aryl methyl sites for hydroxylation is 1. The minimum Gasteiger partial charge on any atom is -0.361 e. The average Bonchev–Trinajstić information content (AvgIpc) is 3.10. The maximum atomic E-state index is 12.4. The van der Waals surface area contributed by atoms with Crippen LogP contribution in [0.5, 0.6) is 0 Å². The predicted molar refractivity (Wildman–Crippen MR) is 80.0 cm³/mol. The Morgan fingerprint density at radius 3 is 2.82 bits per heavy atom. The average molecular weight is 326 g/mol. The highest BCUT2D eigenvalue weighted by Gasteiger charge is 2.33. The number of hydrogen-bond donors (Lipinski definition) is 1. The van der Waals surface area contributed by atoms with Crippen molar-refractivity contribution < 1.29 is 13.2 Å². The number of rotatable bonds is 5. The smallest absolute Gasteiger partial charge is 0.361 e. The second kappa shape index (κ2) is 5.96. The van der Waals surface area contributed by atoms with Gasteiger partial charge in [-0.25, -0.2) is 9.97 Å². The molecule has 1 aromatic carbocycles. The predicted octanol–water partition coefficient (Wildman–Crippen LogP) is 4.01. The molecular formula is C14H13F3N4S. The van der Waals surface area contributed by atoms with Crippen LogP contribution in [0.2, 0.25) is 0 Å². The summed E-state index contributed by atoms with van der Waals surface area (Å²) in [6.45, 7) is 1.29. The fourth-order valence-corrected chi connectivity index (χ4v) is 2.86. The van der Waals surface area contributed by atoms with Crippen LogP contribution in [0.15, 0.2) is 36.0 Å². The first-order valence-electron chi connectivity index (χ1n) is 6.70. The molecule has 2 aromatic heterocycles. The number of aromatic nitrogens is 3.